The molecule has 5 rings (SSSR count). The SMILES string of the molecule is CCN1C(=O)C2COCCC2(C)c2cc(C3CC(NC(=O)c4ccnc(C(C)(F)F)c4)CC[C@@H]3C)cnc21. The molecular formula is C29H36F2N4O3. The van der Waals surface area contributed by atoms with Gasteiger partial charge in [0, 0.05) is 55.1 Å². The highest BCUT2D eigenvalue weighted by atomic mass is 19.3. The number of hydrogen-bond acceptors (Lipinski definition) is 5. The van der Waals surface area contributed by atoms with Crippen molar-refractivity contribution in [1.82, 2.24) is 15.3 Å². The van der Waals surface area contributed by atoms with Crippen LogP contribution in [-0.4, -0.2) is 47.6 Å². The van der Waals surface area contributed by atoms with E-state index in [2.05, 4.69) is 30.2 Å². The van der Waals surface area contributed by atoms with E-state index >= 15 is 0 Å². The number of amides is 2. The summed E-state index contributed by atoms with van der Waals surface area (Å²) in [6, 6.07) is 4.78. The Morgan fingerprint density at radius 1 is 1.29 bits per heavy atom. The van der Waals surface area contributed by atoms with Crippen LogP contribution in [0.2, 0.25) is 0 Å². The Balaban J connectivity index is 1.39. The highest BCUT2D eigenvalue weighted by molar-refractivity contribution is 5.99. The minimum atomic E-state index is -3.11. The Labute approximate surface area is 222 Å². The number of fused-ring (bicyclic) bond motifs is 3. The van der Waals surface area contributed by atoms with E-state index in [-0.39, 0.29) is 40.7 Å². The molecule has 3 aliphatic rings. The minimum Gasteiger partial charge on any atom is -0.381 e. The molecule has 5 atom stereocenters. The number of carbonyl (C=O) groups is 2. The third-order valence-electron chi connectivity index (χ3n) is 8.89. The molecule has 1 saturated heterocycles. The quantitative estimate of drug-likeness (QED) is 0.596. The molecule has 204 valence electrons. The molecule has 1 saturated carbocycles. The van der Waals surface area contributed by atoms with Crippen molar-refractivity contribution in [3.63, 3.8) is 0 Å². The number of halogens is 2. The monoisotopic (exact) mass is 526 g/mol. The van der Waals surface area contributed by atoms with E-state index in [1.807, 2.05) is 13.1 Å². The molecule has 0 radical (unpaired) electrons. The Hall–Kier alpha value is -2.94. The average Bonchev–Trinajstić information content (AvgIpc) is 2.89. The summed E-state index contributed by atoms with van der Waals surface area (Å²) in [6.45, 7) is 8.71. The molecule has 1 aliphatic carbocycles. The van der Waals surface area contributed by atoms with E-state index in [1.165, 1.54) is 12.3 Å². The maximum atomic E-state index is 13.7. The normalized spacial score (nSPS) is 29.4. The molecule has 0 aromatic carbocycles. The lowest BCUT2D eigenvalue weighted by Crippen LogP contribution is -2.55. The van der Waals surface area contributed by atoms with Crippen LogP contribution in [0.15, 0.2) is 30.6 Å². The third kappa shape index (κ3) is 4.70. The molecule has 2 aromatic rings. The van der Waals surface area contributed by atoms with Crippen molar-refractivity contribution in [3.05, 3.63) is 53.0 Å². The summed E-state index contributed by atoms with van der Waals surface area (Å²) in [4.78, 5) is 36.5. The molecule has 2 fully saturated rings. The molecule has 7 nitrogen and oxygen atoms in total. The summed E-state index contributed by atoms with van der Waals surface area (Å²) < 4.78 is 33.2. The highest BCUT2D eigenvalue weighted by Gasteiger charge is 2.50. The van der Waals surface area contributed by atoms with Crippen molar-refractivity contribution in [1.29, 1.82) is 0 Å². The predicted octanol–water partition coefficient (Wildman–Crippen LogP) is 4.95. The van der Waals surface area contributed by atoms with E-state index < -0.39 is 11.6 Å². The number of ether oxygens (including phenoxy) is 1. The number of carbonyl (C=O) groups excluding carboxylic acids is 2. The van der Waals surface area contributed by atoms with Crippen molar-refractivity contribution >= 4 is 17.6 Å². The van der Waals surface area contributed by atoms with E-state index in [4.69, 9.17) is 9.72 Å². The number of aromatic nitrogens is 2. The second kappa shape index (κ2) is 9.98. The zero-order chi connectivity index (χ0) is 27.2. The Kier molecular flexibility index (Phi) is 7.00. The van der Waals surface area contributed by atoms with Gasteiger partial charge in [0.25, 0.3) is 11.8 Å². The summed E-state index contributed by atoms with van der Waals surface area (Å²) in [5, 5.41) is 3.07. The van der Waals surface area contributed by atoms with Crippen molar-refractivity contribution < 1.29 is 23.1 Å². The van der Waals surface area contributed by atoms with Crippen LogP contribution in [-0.2, 0) is 20.9 Å². The lowest BCUT2D eigenvalue weighted by Gasteiger charge is -2.48. The van der Waals surface area contributed by atoms with Gasteiger partial charge in [0.15, 0.2) is 0 Å². The van der Waals surface area contributed by atoms with E-state index in [0.717, 1.165) is 55.6 Å². The number of anilines is 1. The second-order valence-electron chi connectivity index (χ2n) is 11.4. The third-order valence-corrected chi connectivity index (χ3v) is 8.89. The van der Waals surface area contributed by atoms with Gasteiger partial charge in [0.05, 0.1) is 12.5 Å². The predicted molar refractivity (Wildman–Crippen MR) is 139 cm³/mol. The van der Waals surface area contributed by atoms with Gasteiger partial charge in [-0.05, 0) is 68.2 Å². The van der Waals surface area contributed by atoms with Gasteiger partial charge in [0.2, 0.25) is 5.91 Å². The first-order valence-electron chi connectivity index (χ1n) is 13.6. The smallest absolute Gasteiger partial charge is 0.286 e. The molecule has 2 aromatic heterocycles. The first-order chi connectivity index (χ1) is 18.0. The van der Waals surface area contributed by atoms with Crippen LogP contribution < -0.4 is 10.2 Å². The topological polar surface area (TPSA) is 84.4 Å². The second-order valence-corrected chi connectivity index (χ2v) is 11.4. The van der Waals surface area contributed by atoms with Crippen LogP contribution in [0.1, 0.15) is 86.5 Å². The number of nitrogens with one attached hydrogen (secondary N) is 1. The van der Waals surface area contributed by atoms with Crippen LogP contribution in [0.5, 0.6) is 0 Å². The highest BCUT2D eigenvalue weighted by Crippen LogP contribution is 2.49. The van der Waals surface area contributed by atoms with Gasteiger partial charge in [-0.3, -0.25) is 19.5 Å². The fourth-order valence-electron chi connectivity index (χ4n) is 6.42. The Morgan fingerprint density at radius 3 is 2.82 bits per heavy atom. The summed E-state index contributed by atoms with van der Waals surface area (Å²) >= 11 is 0. The molecule has 2 aliphatic heterocycles. The zero-order valence-electron chi connectivity index (χ0n) is 22.5. The average molecular weight is 527 g/mol. The minimum absolute atomic E-state index is 0.0800. The number of pyridine rings is 2. The van der Waals surface area contributed by atoms with Crippen LogP contribution >= 0.6 is 0 Å². The van der Waals surface area contributed by atoms with Gasteiger partial charge >= 0.3 is 0 Å². The molecule has 4 heterocycles. The fraction of sp³-hybridized carbons (Fsp3) is 0.586. The van der Waals surface area contributed by atoms with Gasteiger partial charge in [0.1, 0.15) is 11.5 Å². The largest absolute Gasteiger partial charge is 0.381 e. The molecule has 0 bridgehead atoms. The van der Waals surface area contributed by atoms with Crippen molar-refractivity contribution in [2.45, 2.75) is 76.7 Å². The molecule has 2 amide bonds. The Bertz CT molecular complexity index is 1230. The van der Waals surface area contributed by atoms with Crippen LogP contribution in [0, 0.1) is 11.8 Å². The van der Waals surface area contributed by atoms with Crippen molar-refractivity contribution in [3.8, 4) is 0 Å². The Morgan fingerprint density at radius 2 is 2.08 bits per heavy atom. The number of rotatable bonds is 5. The number of nitrogens with zero attached hydrogens (tertiary/aromatic N) is 3. The van der Waals surface area contributed by atoms with E-state index in [0.29, 0.717) is 25.7 Å². The molecular weight excluding hydrogens is 490 g/mol. The molecule has 0 spiro atoms. The number of hydrogen-bond donors (Lipinski definition) is 1. The van der Waals surface area contributed by atoms with E-state index in [1.54, 1.807) is 4.90 Å². The lowest BCUT2D eigenvalue weighted by atomic mass is 9.65. The maximum absolute atomic E-state index is 13.7. The summed E-state index contributed by atoms with van der Waals surface area (Å²) in [7, 11) is 0. The molecule has 1 N–H and O–H groups in total. The van der Waals surface area contributed by atoms with Crippen LogP contribution in [0.25, 0.3) is 0 Å². The number of alkyl halides is 2. The van der Waals surface area contributed by atoms with Gasteiger partial charge < -0.3 is 10.1 Å². The molecule has 9 heteroatoms. The van der Waals surface area contributed by atoms with Crippen molar-refractivity contribution in [2.75, 3.05) is 24.7 Å². The lowest BCUT2D eigenvalue weighted by molar-refractivity contribution is -0.131. The first-order valence-corrected chi connectivity index (χ1v) is 13.6. The van der Waals surface area contributed by atoms with Gasteiger partial charge in [-0.15, -0.1) is 0 Å². The van der Waals surface area contributed by atoms with Crippen molar-refractivity contribution in [2.24, 2.45) is 11.8 Å². The van der Waals surface area contributed by atoms with Crippen LogP contribution in [0.4, 0.5) is 14.6 Å². The zero-order valence-corrected chi connectivity index (χ0v) is 22.5. The maximum Gasteiger partial charge on any atom is 0.286 e. The molecule has 38 heavy (non-hydrogen) atoms. The molecule has 4 unspecified atom stereocenters. The summed E-state index contributed by atoms with van der Waals surface area (Å²) in [5.41, 5.74) is 1.66. The van der Waals surface area contributed by atoms with Gasteiger partial charge in [-0.25, -0.2) is 4.98 Å². The first kappa shape index (κ1) is 26.7. The van der Waals surface area contributed by atoms with Gasteiger partial charge in [-0.2, -0.15) is 8.78 Å². The van der Waals surface area contributed by atoms with E-state index in [9.17, 15) is 18.4 Å². The standard InChI is InChI=1S/C29H36F2N4O3/c1-5-35-25-22(28(3)9-11-38-16-23(28)27(35)37)12-19(15-33-25)21-14-20(7-6-17(21)2)34-26(36)18-8-10-32-24(13-18)29(4,30)31/h8,10,12-13,15,17,20-21,23H,5-7,9,11,14,16H2,1-4H3,(H,34,36)/t17-,20?,21?,23?,28?/m0/s1. The summed E-state index contributed by atoms with van der Waals surface area (Å²) in [5.74, 6) is -2.31. The fourth-order valence-corrected chi connectivity index (χ4v) is 6.42. The summed E-state index contributed by atoms with van der Waals surface area (Å²) in [6.07, 6.45) is 6.38. The van der Waals surface area contributed by atoms with Gasteiger partial charge in [-0.1, -0.05) is 13.8 Å². The van der Waals surface area contributed by atoms with Crippen LogP contribution in [0.3, 0.4) is 0 Å².